The molecule has 0 radical (unpaired) electrons. The number of primary sulfonamides is 1. The van der Waals surface area contributed by atoms with Crippen LogP contribution < -0.4 is 16.2 Å². The second kappa shape index (κ2) is 7.04. The van der Waals surface area contributed by atoms with Crippen molar-refractivity contribution in [3.63, 3.8) is 0 Å². The van der Waals surface area contributed by atoms with Gasteiger partial charge in [0.05, 0.1) is 4.90 Å². The first-order valence-corrected chi connectivity index (χ1v) is 9.95. The summed E-state index contributed by atoms with van der Waals surface area (Å²) < 4.78 is 23.7. The molecule has 5 N–H and O–H groups in total. The van der Waals surface area contributed by atoms with E-state index in [0.29, 0.717) is 11.6 Å². The summed E-state index contributed by atoms with van der Waals surface area (Å²) in [5, 5.41) is 12.1. The van der Waals surface area contributed by atoms with E-state index in [9.17, 15) is 13.2 Å². The minimum Gasteiger partial charge on any atom is -0.368 e. The third kappa shape index (κ3) is 4.02. The van der Waals surface area contributed by atoms with Crippen molar-refractivity contribution in [3.8, 4) is 0 Å². The van der Waals surface area contributed by atoms with Gasteiger partial charge in [0.15, 0.2) is 0 Å². The Morgan fingerprint density at radius 2 is 1.81 bits per heavy atom. The predicted octanol–water partition coefficient (Wildman–Crippen LogP) is 1.72. The number of anilines is 3. The van der Waals surface area contributed by atoms with Gasteiger partial charge in [-0.15, -0.1) is 5.10 Å². The van der Waals surface area contributed by atoms with Gasteiger partial charge in [0.1, 0.15) is 0 Å². The Morgan fingerprint density at radius 1 is 1.19 bits per heavy atom. The van der Waals surface area contributed by atoms with Crippen molar-refractivity contribution < 1.29 is 13.2 Å². The second-order valence-electron chi connectivity index (χ2n) is 6.69. The zero-order valence-electron chi connectivity index (χ0n) is 14.4. The number of nitrogens with two attached hydrogens (primary N) is 2. The van der Waals surface area contributed by atoms with Gasteiger partial charge in [-0.2, -0.15) is 9.67 Å². The van der Waals surface area contributed by atoms with Gasteiger partial charge in [0.2, 0.25) is 21.9 Å². The number of carbonyl (C=O) groups excluding carboxylic acids is 1. The van der Waals surface area contributed by atoms with Gasteiger partial charge in [0, 0.05) is 11.6 Å². The van der Waals surface area contributed by atoms with Gasteiger partial charge < -0.3 is 11.1 Å². The predicted molar refractivity (Wildman–Crippen MR) is 97.3 cm³/mol. The summed E-state index contributed by atoms with van der Waals surface area (Å²) in [5.74, 6) is 0.613. The molecule has 0 spiro atoms. The minimum atomic E-state index is -3.75. The van der Waals surface area contributed by atoms with Gasteiger partial charge in [-0.05, 0) is 55.9 Å². The number of hydrogen-bond donors (Lipinski definition) is 3. The maximum atomic E-state index is 12.6. The molecule has 26 heavy (non-hydrogen) atoms. The lowest BCUT2D eigenvalue weighted by Gasteiger charge is -2.24. The zero-order valence-corrected chi connectivity index (χ0v) is 15.2. The maximum Gasteiger partial charge on any atom is 0.253 e. The molecule has 1 fully saturated rings. The molecule has 1 aromatic heterocycles. The van der Waals surface area contributed by atoms with Crippen LogP contribution >= 0.6 is 0 Å². The van der Waals surface area contributed by atoms with E-state index in [4.69, 9.17) is 10.9 Å². The fourth-order valence-electron chi connectivity index (χ4n) is 3.08. The monoisotopic (exact) mass is 378 g/mol. The SMILES string of the molecule is CC1CCC(C(=O)n2nc(Nc3ccc(S(N)(=O)=O)cc3)nc2N)CC1. The molecule has 0 unspecified atom stereocenters. The Hall–Kier alpha value is -2.46. The van der Waals surface area contributed by atoms with Crippen LogP contribution in [0.3, 0.4) is 0 Å². The molecule has 1 aromatic carbocycles. The van der Waals surface area contributed by atoms with E-state index in [2.05, 4.69) is 22.3 Å². The number of nitrogens with one attached hydrogen (secondary N) is 1. The fourth-order valence-corrected chi connectivity index (χ4v) is 3.59. The molecule has 140 valence electrons. The fraction of sp³-hybridized carbons (Fsp3) is 0.438. The summed E-state index contributed by atoms with van der Waals surface area (Å²) in [4.78, 5) is 16.7. The normalized spacial score (nSPS) is 20.7. The van der Waals surface area contributed by atoms with Crippen molar-refractivity contribution in [2.24, 2.45) is 17.0 Å². The molecular formula is C16H22N6O3S. The highest BCUT2D eigenvalue weighted by Crippen LogP contribution is 2.29. The van der Waals surface area contributed by atoms with Crippen LogP contribution in [0.4, 0.5) is 17.6 Å². The first-order valence-electron chi connectivity index (χ1n) is 8.40. The van der Waals surface area contributed by atoms with Crippen molar-refractivity contribution in [2.45, 2.75) is 37.5 Å². The molecule has 0 bridgehead atoms. The van der Waals surface area contributed by atoms with Crippen LogP contribution in [0.1, 0.15) is 37.4 Å². The van der Waals surface area contributed by atoms with Crippen LogP contribution in [0, 0.1) is 11.8 Å². The number of nitrogens with zero attached hydrogens (tertiary/aromatic N) is 3. The smallest absolute Gasteiger partial charge is 0.253 e. The van der Waals surface area contributed by atoms with E-state index < -0.39 is 10.0 Å². The van der Waals surface area contributed by atoms with E-state index in [0.717, 1.165) is 30.4 Å². The van der Waals surface area contributed by atoms with Crippen LogP contribution in [0.2, 0.25) is 0 Å². The molecule has 0 aliphatic heterocycles. The summed E-state index contributed by atoms with van der Waals surface area (Å²) in [6.45, 7) is 2.19. The Kier molecular flexibility index (Phi) is 4.97. The number of benzene rings is 1. The molecule has 1 aliphatic carbocycles. The molecule has 1 heterocycles. The standard InChI is InChI=1S/C16H22N6O3S/c1-10-2-4-11(5-3-10)14(23)22-15(17)20-16(21-22)19-12-6-8-13(9-7-12)26(18,24)25/h6-11H,2-5H2,1H3,(H2,18,24,25)(H3,17,19,20,21). The molecular weight excluding hydrogens is 356 g/mol. The maximum absolute atomic E-state index is 12.6. The molecule has 2 aromatic rings. The highest BCUT2D eigenvalue weighted by Gasteiger charge is 2.27. The lowest BCUT2D eigenvalue weighted by Crippen LogP contribution is -2.27. The van der Waals surface area contributed by atoms with Crippen LogP contribution in [0.15, 0.2) is 29.2 Å². The lowest BCUT2D eigenvalue weighted by atomic mass is 9.82. The van der Waals surface area contributed by atoms with Crippen molar-refractivity contribution in [2.75, 3.05) is 11.1 Å². The summed E-state index contributed by atoms with van der Waals surface area (Å²) >= 11 is 0. The molecule has 0 saturated heterocycles. The zero-order chi connectivity index (χ0) is 18.9. The van der Waals surface area contributed by atoms with Crippen molar-refractivity contribution in [1.82, 2.24) is 14.8 Å². The number of hydrogen-bond acceptors (Lipinski definition) is 7. The molecule has 0 amide bonds. The third-order valence-electron chi connectivity index (χ3n) is 4.65. The Morgan fingerprint density at radius 3 is 2.38 bits per heavy atom. The number of sulfonamides is 1. The number of carbonyl (C=O) groups is 1. The van der Waals surface area contributed by atoms with Gasteiger partial charge in [-0.3, -0.25) is 4.79 Å². The van der Waals surface area contributed by atoms with Crippen LogP contribution in [-0.4, -0.2) is 29.1 Å². The largest absolute Gasteiger partial charge is 0.368 e. The van der Waals surface area contributed by atoms with Crippen LogP contribution in [0.5, 0.6) is 0 Å². The van der Waals surface area contributed by atoms with Gasteiger partial charge in [-0.1, -0.05) is 6.92 Å². The summed E-state index contributed by atoms with van der Waals surface area (Å²) in [6.07, 6.45) is 3.70. The third-order valence-corrected chi connectivity index (χ3v) is 5.57. The topological polar surface area (TPSA) is 146 Å². The quantitative estimate of drug-likeness (QED) is 0.734. The van der Waals surface area contributed by atoms with Crippen molar-refractivity contribution in [3.05, 3.63) is 24.3 Å². The average Bonchev–Trinajstić information content (AvgIpc) is 2.95. The van der Waals surface area contributed by atoms with E-state index >= 15 is 0 Å². The highest BCUT2D eigenvalue weighted by molar-refractivity contribution is 7.89. The summed E-state index contributed by atoms with van der Waals surface area (Å²) in [6, 6.07) is 5.79. The molecule has 10 heteroatoms. The molecule has 1 saturated carbocycles. The van der Waals surface area contributed by atoms with Gasteiger partial charge >= 0.3 is 0 Å². The Bertz CT molecular complexity index is 899. The van der Waals surface area contributed by atoms with Crippen LogP contribution in [0.25, 0.3) is 0 Å². The van der Waals surface area contributed by atoms with E-state index in [1.807, 2.05) is 0 Å². The number of aromatic nitrogens is 3. The molecule has 9 nitrogen and oxygen atoms in total. The summed E-state index contributed by atoms with van der Waals surface area (Å²) in [5.41, 5.74) is 6.39. The van der Waals surface area contributed by atoms with Crippen molar-refractivity contribution in [1.29, 1.82) is 0 Å². The number of nitrogen functional groups attached to an aromatic ring is 1. The lowest BCUT2D eigenvalue weighted by molar-refractivity contribution is 0.0773. The minimum absolute atomic E-state index is 0.00255. The van der Waals surface area contributed by atoms with Crippen molar-refractivity contribution >= 4 is 33.5 Å². The molecule has 1 aliphatic rings. The van der Waals surface area contributed by atoms with Crippen LogP contribution in [-0.2, 0) is 10.0 Å². The average molecular weight is 378 g/mol. The highest BCUT2D eigenvalue weighted by atomic mass is 32.2. The molecule has 3 rings (SSSR count). The van der Waals surface area contributed by atoms with E-state index in [1.165, 1.54) is 24.3 Å². The number of rotatable bonds is 4. The first-order chi connectivity index (χ1) is 12.2. The van der Waals surface area contributed by atoms with Gasteiger partial charge in [-0.25, -0.2) is 13.6 Å². The van der Waals surface area contributed by atoms with E-state index in [1.54, 1.807) is 0 Å². The molecule has 0 atom stereocenters. The van der Waals surface area contributed by atoms with E-state index in [-0.39, 0.29) is 28.6 Å². The first kappa shape index (κ1) is 18.3. The second-order valence-corrected chi connectivity index (χ2v) is 8.26. The summed E-state index contributed by atoms with van der Waals surface area (Å²) in [7, 11) is -3.75. The Balaban J connectivity index is 1.73. The van der Waals surface area contributed by atoms with Gasteiger partial charge in [0.25, 0.3) is 5.91 Å². The Labute approximate surface area is 151 Å².